The number of para-hydroxylation sites is 1. The van der Waals surface area contributed by atoms with Gasteiger partial charge in [-0.05, 0) is 36.4 Å². The molecule has 4 rings (SSSR count). The van der Waals surface area contributed by atoms with Gasteiger partial charge in [0.25, 0.3) is 5.91 Å². The van der Waals surface area contributed by atoms with E-state index in [1.165, 1.54) is 13.4 Å². The standard InChI is InChI=1S/C22H17N5O3/c1-30-22(29)15-7-9-16(10-8-15)26-19-12-18(24-13-25-19)21(28)27-17-6-2-4-14-5-3-11-23-20(14)17/h2-13H,1H3,(H,27,28)(H,24,25,26). The average molecular weight is 399 g/mol. The molecule has 2 aromatic carbocycles. The lowest BCUT2D eigenvalue weighted by molar-refractivity contribution is 0.0600. The number of nitrogens with one attached hydrogen (secondary N) is 2. The molecule has 0 spiro atoms. The monoisotopic (exact) mass is 399 g/mol. The first kappa shape index (κ1) is 19.0. The maximum atomic E-state index is 12.7. The first-order valence-electron chi connectivity index (χ1n) is 9.06. The Hall–Kier alpha value is -4.33. The molecule has 0 aliphatic rings. The van der Waals surface area contributed by atoms with Gasteiger partial charge in [0.1, 0.15) is 17.8 Å². The van der Waals surface area contributed by atoms with E-state index >= 15 is 0 Å². The SMILES string of the molecule is COC(=O)c1ccc(Nc2cc(C(=O)Nc3cccc4cccnc34)ncn2)cc1. The van der Waals surface area contributed by atoms with Crippen LogP contribution in [0.3, 0.4) is 0 Å². The van der Waals surface area contributed by atoms with E-state index in [2.05, 4.69) is 30.3 Å². The molecule has 30 heavy (non-hydrogen) atoms. The number of hydrogen-bond donors (Lipinski definition) is 2. The number of rotatable bonds is 5. The van der Waals surface area contributed by atoms with Crippen molar-refractivity contribution < 1.29 is 14.3 Å². The van der Waals surface area contributed by atoms with Gasteiger partial charge in [-0.15, -0.1) is 0 Å². The van der Waals surface area contributed by atoms with Gasteiger partial charge in [0.15, 0.2) is 0 Å². The summed E-state index contributed by atoms with van der Waals surface area (Å²) in [7, 11) is 1.33. The predicted molar refractivity (Wildman–Crippen MR) is 113 cm³/mol. The number of amides is 1. The van der Waals surface area contributed by atoms with Crippen molar-refractivity contribution in [3.63, 3.8) is 0 Å². The fraction of sp³-hybridized carbons (Fsp3) is 0.0455. The molecule has 0 aliphatic heterocycles. The highest BCUT2D eigenvalue weighted by atomic mass is 16.5. The van der Waals surface area contributed by atoms with Gasteiger partial charge in [-0.3, -0.25) is 9.78 Å². The van der Waals surface area contributed by atoms with Gasteiger partial charge < -0.3 is 15.4 Å². The number of anilines is 3. The molecule has 148 valence electrons. The third-order valence-corrected chi connectivity index (χ3v) is 4.36. The van der Waals surface area contributed by atoms with E-state index < -0.39 is 5.97 Å². The quantitative estimate of drug-likeness (QED) is 0.492. The number of fused-ring (bicyclic) bond motifs is 1. The summed E-state index contributed by atoms with van der Waals surface area (Å²) in [6.45, 7) is 0. The second-order valence-electron chi connectivity index (χ2n) is 6.32. The van der Waals surface area contributed by atoms with Crippen LogP contribution >= 0.6 is 0 Å². The van der Waals surface area contributed by atoms with Crippen molar-refractivity contribution in [3.05, 3.63) is 84.4 Å². The summed E-state index contributed by atoms with van der Waals surface area (Å²) in [5.41, 5.74) is 2.64. The molecule has 0 bridgehead atoms. The lowest BCUT2D eigenvalue weighted by Crippen LogP contribution is -2.14. The summed E-state index contributed by atoms with van der Waals surface area (Å²) < 4.78 is 4.68. The van der Waals surface area contributed by atoms with E-state index in [-0.39, 0.29) is 11.6 Å². The Labute approximate surface area is 172 Å². The van der Waals surface area contributed by atoms with Crippen LogP contribution < -0.4 is 10.6 Å². The van der Waals surface area contributed by atoms with Gasteiger partial charge in [0.05, 0.1) is 23.9 Å². The van der Waals surface area contributed by atoms with E-state index in [1.54, 1.807) is 42.6 Å². The van der Waals surface area contributed by atoms with Crippen LogP contribution in [-0.4, -0.2) is 33.9 Å². The Morgan fingerprint density at radius 3 is 2.53 bits per heavy atom. The molecule has 1 amide bonds. The second kappa shape index (κ2) is 8.36. The molecule has 4 aromatic rings. The van der Waals surface area contributed by atoms with Crippen LogP contribution in [0.4, 0.5) is 17.2 Å². The summed E-state index contributed by atoms with van der Waals surface area (Å²) in [5, 5.41) is 6.86. The number of nitrogens with zero attached hydrogens (tertiary/aromatic N) is 3. The van der Waals surface area contributed by atoms with Crippen LogP contribution in [0.5, 0.6) is 0 Å². The lowest BCUT2D eigenvalue weighted by atomic mass is 10.2. The molecule has 0 atom stereocenters. The van der Waals surface area contributed by atoms with Gasteiger partial charge >= 0.3 is 5.97 Å². The normalized spacial score (nSPS) is 10.4. The molecule has 2 N–H and O–H groups in total. The van der Waals surface area contributed by atoms with Gasteiger partial charge in [-0.25, -0.2) is 14.8 Å². The molecule has 2 aromatic heterocycles. The maximum absolute atomic E-state index is 12.7. The van der Waals surface area contributed by atoms with Crippen molar-refractivity contribution in [1.82, 2.24) is 15.0 Å². The highest BCUT2D eigenvalue weighted by molar-refractivity contribution is 6.07. The molecular weight excluding hydrogens is 382 g/mol. The number of esters is 1. The Balaban J connectivity index is 1.51. The van der Waals surface area contributed by atoms with E-state index in [0.717, 1.165) is 5.39 Å². The largest absolute Gasteiger partial charge is 0.465 e. The fourth-order valence-electron chi connectivity index (χ4n) is 2.90. The number of benzene rings is 2. The number of carbonyl (C=O) groups is 2. The van der Waals surface area contributed by atoms with Gasteiger partial charge in [-0.1, -0.05) is 18.2 Å². The number of methoxy groups -OCH3 is 1. The minimum Gasteiger partial charge on any atom is -0.465 e. The van der Waals surface area contributed by atoms with E-state index in [9.17, 15) is 9.59 Å². The van der Waals surface area contributed by atoms with Crippen molar-refractivity contribution in [3.8, 4) is 0 Å². The first-order valence-corrected chi connectivity index (χ1v) is 9.06. The third-order valence-electron chi connectivity index (χ3n) is 4.36. The fourth-order valence-corrected chi connectivity index (χ4v) is 2.90. The highest BCUT2D eigenvalue weighted by Crippen LogP contribution is 2.22. The molecule has 8 nitrogen and oxygen atoms in total. The number of aromatic nitrogens is 3. The molecule has 0 unspecified atom stereocenters. The summed E-state index contributed by atoms with van der Waals surface area (Å²) in [4.78, 5) is 36.8. The zero-order chi connectivity index (χ0) is 20.9. The molecule has 8 heteroatoms. The summed E-state index contributed by atoms with van der Waals surface area (Å²) in [6.07, 6.45) is 2.98. The minimum atomic E-state index is -0.412. The van der Waals surface area contributed by atoms with Gasteiger partial charge in [0.2, 0.25) is 0 Å². The molecular formula is C22H17N5O3. The van der Waals surface area contributed by atoms with Crippen LogP contribution in [-0.2, 0) is 4.74 Å². The third kappa shape index (κ3) is 4.07. The molecule has 0 saturated carbocycles. The molecule has 0 radical (unpaired) electrons. The van der Waals surface area contributed by atoms with Crippen molar-refractivity contribution in [2.75, 3.05) is 17.7 Å². The van der Waals surface area contributed by atoms with Crippen LogP contribution in [0, 0.1) is 0 Å². The molecule has 0 aliphatic carbocycles. The Morgan fingerprint density at radius 1 is 0.933 bits per heavy atom. The average Bonchev–Trinajstić information content (AvgIpc) is 2.79. The number of hydrogen-bond acceptors (Lipinski definition) is 7. The Morgan fingerprint density at radius 2 is 1.73 bits per heavy atom. The second-order valence-corrected chi connectivity index (χ2v) is 6.32. The number of ether oxygens (including phenoxy) is 1. The minimum absolute atomic E-state index is 0.201. The summed E-state index contributed by atoms with van der Waals surface area (Å²) in [6, 6.07) is 17.6. The zero-order valence-electron chi connectivity index (χ0n) is 16.0. The van der Waals surface area contributed by atoms with Gasteiger partial charge in [0, 0.05) is 23.3 Å². The maximum Gasteiger partial charge on any atom is 0.337 e. The number of pyridine rings is 1. The summed E-state index contributed by atoms with van der Waals surface area (Å²) >= 11 is 0. The Bertz CT molecular complexity index is 1220. The molecule has 0 saturated heterocycles. The van der Waals surface area contributed by atoms with Crippen molar-refractivity contribution in [2.45, 2.75) is 0 Å². The predicted octanol–water partition coefficient (Wildman–Crippen LogP) is 3.81. The van der Waals surface area contributed by atoms with Crippen molar-refractivity contribution in [2.24, 2.45) is 0 Å². The lowest BCUT2D eigenvalue weighted by Gasteiger charge is -2.09. The first-order chi connectivity index (χ1) is 14.6. The van der Waals surface area contributed by atoms with Crippen molar-refractivity contribution in [1.29, 1.82) is 0 Å². The smallest absolute Gasteiger partial charge is 0.337 e. The molecule has 2 heterocycles. The molecule has 0 fully saturated rings. The van der Waals surface area contributed by atoms with Crippen molar-refractivity contribution >= 4 is 40.0 Å². The van der Waals surface area contributed by atoms with Crippen LogP contribution in [0.2, 0.25) is 0 Å². The highest BCUT2D eigenvalue weighted by Gasteiger charge is 2.12. The van der Waals surface area contributed by atoms with Crippen LogP contribution in [0.1, 0.15) is 20.8 Å². The van der Waals surface area contributed by atoms with Crippen LogP contribution in [0.25, 0.3) is 10.9 Å². The van der Waals surface area contributed by atoms with E-state index in [1.807, 2.05) is 24.3 Å². The van der Waals surface area contributed by atoms with Crippen LogP contribution in [0.15, 0.2) is 73.2 Å². The summed E-state index contributed by atoms with van der Waals surface area (Å²) in [5.74, 6) is -0.345. The number of carbonyl (C=O) groups excluding carboxylic acids is 2. The Kier molecular flexibility index (Phi) is 5.29. The zero-order valence-corrected chi connectivity index (χ0v) is 16.0. The van der Waals surface area contributed by atoms with E-state index in [4.69, 9.17) is 0 Å². The topological polar surface area (TPSA) is 106 Å². The van der Waals surface area contributed by atoms with Gasteiger partial charge in [-0.2, -0.15) is 0 Å². The van der Waals surface area contributed by atoms with E-state index in [0.29, 0.717) is 28.3 Å².